The van der Waals surface area contributed by atoms with Crippen molar-refractivity contribution >= 4 is 17.3 Å². The van der Waals surface area contributed by atoms with Gasteiger partial charge in [0.1, 0.15) is 0 Å². The molecule has 2 rings (SSSR count). The first-order valence-electron chi connectivity index (χ1n) is 6.89. The molecule has 1 unspecified atom stereocenters. The lowest BCUT2D eigenvalue weighted by atomic mass is 9.87. The summed E-state index contributed by atoms with van der Waals surface area (Å²) in [5.74, 6) is -0.168. The molecule has 106 valence electrons. The molecular weight excluding hydrogens is 258 g/mol. The number of hydrogen-bond donors (Lipinski definition) is 1. The Hall–Kier alpha value is -0.870. The zero-order chi connectivity index (χ0) is 13.9. The number of nitrogens with one attached hydrogen (secondary N) is 1. The molecule has 1 aromatic rings. The molecule has 1 fully saturated rings. The SMILES string of the molecule is COC(=O)Cc1ccc(CNC2CCCC2(C)C)s1. The number of esters is 1. The number of methoxy groups -OCH3 is 1. The third kappa shape index (κ3) is 3.80. The van der Waals surface area contributed by atoms with E-state index >= 15 is 0 Å². The molecule has 0 aliphatic heterocycles. The highest BCUT2D eigenvalue weighted by Gasteiger charge is 2.33. The molecule has 1 saturated carbocycles. The molecule has 0 saturated heterocycles. The van der Waals surface area contributed by atoms with Crippen molar-refractivity contribution in [2.45, 2.75) is 52.1 Å². The number of thiophene rings is 1. The van der Waals surface area contributed by atoms with Gasteiger partial charge < -0.3 is 10.1 Å². The first kappa shape index (κ1) is 14.5. The van der Waals surface area contributed by atoms with Crippen LogP contribution in [0.4, 0.5) is 0 Å². The number of carbonyl (C=O) groups is 1. The van der Waals surface area contributed by atoms with E-state index < -0.39 is 0 Å². The lowest BCUT2D eigenvalue weighted by Crippen LogP contribution is -2.36. The number of rotatable bonds is 5. The fraction of sp³-hybridized carbons (Fsp3) is 0.667. The van der Waals surface area contributed by atoms with E-state index in [-0.39, 0.29) is 5.97 Å². The number of ether oxygens (including phenoxy) is 1. The van der Waals surface area contributed by atoms with Crippen LogP contribution < -0.4 is 5.32 Å². The van der Waals surface area contributed by atoms with Crippen molar-refractivity contribution < 1.29 is 9.53 Å². The molecule has 0 bridgehead atoms. The summed E-state index contributed by atoms with van der Waals surface area (Å²) in [4.78, 5) is 13.6. The van der Waals surface area contributed by atoms with E-state index in [9.17, 15) is 4.79 Å². The summed E-state index contributed by atoms with van der Waals surface area (Å²) in [7, 11) is 1.43. The minimum atomic E-state index is -0.168. The van der Waals surface area contributed by atoms with Crippen LogP contribution in [0.5, 0.6) is 0 Å². The average molecular weight is 281 g/mol. The number of carbonyl (C=O) groups excluding carboxylic acids is 1. The Kier molecular flexibility index (Phi) is 4.63. The molecule has 1 aromatic heterocycles. The molecule has 1 N–H and O–H groups in total. The van der Waals surface area contributed by atoms with Gasteiger partial charge >= 0.3 is 5.97 Å². The standard InChI is InChI=1S/C15H23NO2S/c1-15(2)8-4-5-13(15)16-10-12-7-6-11(19-12)9-14(17)18-3/h6-7,13,16H,4-5,8-10H2,1-3H3. The Balaban J connectivity index is 1.85. The molecule has 0 radical (unpaired) electrons. The minimum absolute atomic E-state index is 0.168. The molecular formula is C15H23NO2S. The maximum Gasteiger partial charge on any atom is 0.310 e. The summed E-state index contributed by atoms with van der Waals surface area (Å²) in [5, 5.41) is 3.66. The topological polar surface area (TPSA) is 38.3 Å². The van der Waals surface area contributed by atoms with Crippen molar-refractivity contribution in [3.63, 3.8) is 0 Å². The second-order valence-electron chi connectivity index (χ2n) is 5.94. The maximum absolute atomic E-state index is 11.2. The van der Waals surface area contributed by atoms with E-state index in [0.29, 0.717) is 17.9 Å². The van der Waals surface area contributed by atoms with Gasteiger partial charge in [-0.15, -0.1) is 11.3 Å². The molecule has 1 heterocycles. The quantitative estimate of drug-likeness (QED) is 0.843. The second-order valence-corrected chi connectivity index (χ2v) is 7.19. The van der Waals surface area contributed by atoms with Crippen molar-refractivity contribution in [2.75, 3.05) is 7.11 Å². The van der Waals surface area contributed by atoms with Crippen molar-refractivity contribution in [1.82, 2.24) is 5.32 Å². The van der Waals surface area contributed by atoms with E-state index in [2.05, 4.69) is 30.0 Å². The third-order valence-electron chi connectivity index (χ3n) is 4.04. The normalized spacial score (nSPS) is 21.5. The Morgan fingerprint density at radius 1 is 1.47 bits per heavy atom. The average Bonchev–Trinajstić information content (AvgIpc) is 2.93. The highest BCUT2D eigenvalue weighted by molar-refractivity contribution is 7.12. The van der Waals surface area contributed by atoms with Gasteiger partial charge in [-0.2, -0.15) is 0 Å². The predicted molar refractivity (Wildman–Crippen MR) is 78.3 cm³/mol. The zero-order valence-corrected chi connectivity index (χ0v) is 12.8. The molecule has 0 spiro atoms. The third-order valence-corrected chi connectivity index (χ3v) is 5.13. The van der Waals surface area contributed by atoms with Crippen molar-refractivity contribution in [2.24, 2.45) is 5.41 Å². The van der Waals surface area contributed by atoms with Gasteiger partial charge in [0.25, 0.3) is 0 Å². The van der Waals surface area contributed by atoms with Gasteiger partial charge in [0, 0.05) is 22.3 Å². The van der Waals surface area contributed by atoms with E-state index in [1.165, 1.54) is 31.2 Å². The van der Waals surface area contributed by atoms with Crippen LogP contribution in [0.15, 0.2) is 12.1 Å². The zero-order valence-electron chi connectivity index (χ0n) is 12.0. The smallest absolute Gasteiger partial charge is 0.310 e. The molecule has 1 aliphatic rings. The van der Waals surface area contributed by atoms with E-state index in [1.807, 2.05) is 6.07 Å². The fourth-order valence-electron chi connectivity index (χ4n) is 2.76. The predicted octanol–water partition coefficient (Wildman–Crippen LogP) is 3.13. The van der Waals surface area contributed by atoms with Gasteiger partial charge in [0.2, 0.25) is 0 Å². The van der Waals surface area contributed by atoms with Crippen LogP contribution in [0.1, 0.15) is 42.9 Å². The molecule has 3 nitrogen and oxygen atoms in total. The second kappa shape index (κ2) is 6.06. The van der Waals surface area contributed by atoms with Crippen LogP contribution in [-0.4, -0.2) is 19.1 Å². The summed E-state index contributed by atoms with van der Waals surface area (Å²) in [6, 6.07) is 4.75. The Bertz CT molecular complexity index is 439. The first-order valence-corrected chi connectivity index (χ1v) is 7.71. The van der Waals surface area contributed by atoms with Crippen LogP contribution >= 0.6 is 11.3 Å². The lowest BCUT2D eigenvalue weighted by Gasteiger charge is -2.27. The van der Waals surface area contributed by atoms with Gasteiger partial charge in [0.15, 0.2) is 0 Å². The Morgan fingerprint density at radius 3 is 2.84 bits per heavy atom. The van der Waals surface area contributed by atoms with E-state index in [4.69, 9.17) is 0 Å². The molecule has 1 aliphatic carbocycles. The van der Waals surface area contributed by atoms with Gasteiger partial charge in [-0.1, -0.05) is 20.3 Å². The van der Waals surface area contributed by atoms with E-state index in [0.717, 1.165) is 11.4 Å². The molecule has 0 amide bonds. The van der Waals surface area contributed by atoms with E-state index in [1.54, 1.807) is 11.3 Å². The summed E-state index contributed by atoms with van der Waals surface area (Å²) < 4.78 is 4.68. The van der Waals surface area contributed by atoms with Gasteiger partial charge in [-0.3, -0.25) is 4.79 Å². The van der Waals surface area contributed by atoms with Crippen molar-refractivity contribution in [3.8, 4) is 0 Å². The lowest BCUT2D eigenvalue weighted by molar-refractivity contribution is -0.139. The van der Waals surface area contributed by atoms with Crippen LogP contribution in [0.25, 0.3) is 0 Å². The summed E-state index contributed by atoms with van der Waals surface area (Å²) in [6.07, 6.45) is 4.29. The highest BCUT2D eigenvalue weighted by Crippen LogP contribution is 2.37. The Labute approximate surface area is 119 Å². The molecule has 19 heavy (non-hydrogen) atoms. The van der Waals surface area contributed by atoms with Crippen LogP contribution in [0.3, 0.4) is 0 Å². The molecule has 4 heteroatoms. The van der Waals surface area contributed by atoms with Gasteiger partial charge in [-0.25, -0.2) is 0 Å². The monoisotopic (exact) mass is 281 g/mol. The molecule has 1 atom stereocenters. The number of hydrogen-bond acceptors (Lipinski definition) is 4. The Morgan fingerprint density at radius 2 is 2.21 bits per heavy atom. The largest absolute Gasteiger partial charge is 0.469 e. The first-order chi connectivity index (χ1) is 9.01. The minimum Gasteiger partial charge on any atom is -0.469 e. The van der Waals surface area contributed by atoms with Gasteiger partial charge in [0.05, 0.1) is 13.5 Å². The summed E-state index contributed by atoms with van der Waals surface area (Å²) >= 11 is 1.70. The molecule has 0 aromatic carbocycles. The van der Waals surface area contributed by atoms with Crippen LogP contribution in [-0.2, 0) is 22.5 Å². The van der Waals surface area contributed by atoms with Crippen LogP contribution in [0.2, 0.25) is 0 Å². The fourth-order valence-corrected chi connectivity index (χ4v) is 3.71. The maximum atomic E-state index is 11.2. The summed E-state index contributed by atoms with van der Waals surface area (Å²) in [6.45, 7) is 5.59. The van der Waals surface area contributed by atoms with Gasteiger partial charge in [-0.05, 0) is 30.4 Å². The highest BCUT2D eigenvalue weighted by atomic mass is 32.1. The van der Waals surface area contributed by atoms with Crippen molar-refractivity contribution in [3.05, 3.63) is 21.9 Å². The van der Waals surface area contributed by atoms with Crippen LogP contribution in [0, 0.1) is 5.41 Å². The van der Waals surface area contributed by atoms with Crippen molar-refractivity contribution in [1.29, 1.82) is 0 Å². The summed E-state index contributed by atoms with van der Waals surface area (Å²) in [5.41, 5.74) is 0.409.